The van der Waals surface area contributed by atoms with Crippen LogP contribution in [0.5, 0.6) is 0 Å². The molecule has 3 nitrogen and oxygen atoms in total. The van der Waals surface area contributed by atoms with Crippen molar-refractivity contribution in [3.05, 3.63) is 80.5 Å². The van der Waals surface area contributed by atoms with Gasteiger partial charge in [0.15, 0.2) is 0 Å². The highest BCUT2D eigenvalue weighted by molar-refractivity contribution is 8.01. The zero-order chi connectivity index (χ0) is 16.7. The summed E-state index contributed by atoms with van der Waals surface area (Å²) in [4.78, 5) is 0. The minimum atomic E-state index is -1.55. The summed E-state index contributed by atoms with van der Waals surface area (Å²) in [6.07, 6.45) is 3.33. The molecule has 0 aliphatic carbocycles. The molecule has 0 aromatic heterocycles. The fraction of sp³-hybridized carbons (Fsp3) is 0. The molecule has 0 radical (unpaired) electrons. The molecule has 0 bridgehead atoms. The number of hydrogen-bond acceptors (Lipinski definition) is 2. The number of rotatable bonds is 6. The van der Waals surface area contributed by atoms with E-state index in [2.05, 4.69) is 4.13 Å². The van der Waals surface area contributed by atoms with E-state index >= 15 is 0 Å². The van der Waals surface area contributed by atoms with E-state index in [0.717, 1.165) is 11.1 Å². The Kier molecular flexibility index (Phi) is 7.20. The lowest BCUT2D eigenvalue weighted by atomic mass is 10.2. The van der Waals surface area contributed by atoms with Crippen LogP contribution in [0.4, 0.5) is 0 Å². The van der Waals surface area contributed by atoms with Crippen LogP contribution in [-0.4, -0.2) is 8.42 Å². The molecule has 1 N–H and O–H groups in total. The zero-order valence-corrected chi connectivity index (χ0v) is 15.0. The Morgan fingerprint density at radius 1 is 0.696 bits per heavy atom. The summed E-state index contributed by atoms with van der Waals surface area (Å²) in [6.45, 7) is 0. The predicted octanol–water partition coefficient (Wildman–Crippen LogP) is 4.55. The summed E-state index contributed by atoms with van der Waals surface area (Å²) in [5, 5.41) is 4.12. The Bertz CT molecular complexity index is 691. The molecule has 23 heavy (non-hydrogen) atoms. The first kappa shape index (κ1) is 18.1. The van der Waals surface area contributed by atoms with Crippen LogP contribution < -0.4 is 4.13 Å². The molecule has 2 rings (SSSR count). The van der Waals surface area contributed by atoms with Gasteiger partial charge in [0.25, 0.3) is 0 Å². The van der Waals surface area contributed by atoms with Crippen molar-refractivity contribution in [3.8, 4) is 0 Å². The SMILES string of the molecule is O=S(C=Cc1ccc(Cl)cc1)NS(=O)C=Cc1ccc(Cl)cc1. The van der Waals surface area contributed by atoms with Crippen molar-refractivity contribution in [2.45, 2.75) is 0 Å². The Morgan fingerprint density at radius 2 is 1.04 bits per heavy atom. The molecule has 0 heterocycles. The molecule has 2 aromatic rings. The summed E-state index contributed by atoms with van der Waals surface area (Å²) in [7, 11) is -3.11. The Balaban J connectivity index is 1.88. The van der Waals surface area contributed by atoms with E-state index in [1.54, 1.807) is 60.7 Å². The third-order valence-electron chi connectivity index (χ3n) is 2.67. The molecule has 120 valence electrons. The quantitative estimate of drug-likeness (QED) is 0.792. The third kappa shape index (κ3) is 6.81. The number of halogens is 2. The first-order valence-corrected chi connectivity index (χ1v) is 9.66. The van der Waals surface area contributed by atoms with E-state index in [9.17, 15) is 8.42 Å². The minimum absolute atomic E-state index is 0.634. The van der Waals surface area contributed by atoms with Gasteiger partial charge >= 0.3 is 0 Å². The van der Waals surface area contributed by atoms with Gasteiger partial charge in [-0.2, -0.15) is 0 Å². The topological polar surface area (TPSA) is 46.2 Å². The molecule has 0 aliphatic heterocycles. The summed E-state index contributed by atoms with van der Waals surface area (Å²) >= 11 is 11.6. The van der Waals surface area contributed by atoms with Crippen molar-refractivity contribution in [1.82, 2.24) is 4.13 Å². The van der Waals surface area contributed by atoms with Gasteiger partial charge in [-0.15, -0.1) is 4.13 Å². The molecule has 0 amide bonds. The second kappa shape index (κ2) is 9.15. The normalized spacial score (nSPS) is 14.3. The van der Waals surface area contributed by atoms with Crippen molar-refractivity contribution in [1.29, 1.82) is 0 Å². The summed E-state index contributed by atoms with van der Waals surface area (Å²) in [6, 6.07) is 14.2. The van der Waals surface area contributed by atoms with E-state index in [4.69, 9.17) is 23.2 Å². The molecular formula is C16H13Cl2NO2S2. The summed E-state index contributed by atoms with van der Waals surface area (Å²) in [5.74, 6) is 0. The smallest absolute Gasteiger partial charge is 0.129 e. The van der Waals surface area contributed by atoms with Gasteiger partial charge in [-0.05, 0) is 47.5 Å². The highest BCUT2D eigenvalue weighted by Crippen LogP contribution is 2.11. The molecule has 2 unspecified atom stereocenters. The maximum atomic E-state index is 11.8. The van der Waals surface area contributed by atoms with E-state index in [1.165, 1.54) is 10.8 Å². The van der Waals surface area contributed by atoms with Crippen LogP contribution in [0.3, 0.4) is 0 Å². The van der Waals surface area contributed by atoms with Gasteiger partial charge in [-0.1, -0.05) is 47.5 Å². The average molecular weight is 386 g/mol. The van der Waals surface area contributed by atoms with Crippen LogP contribution in [0, 0.1) is 0 Å². The fourth-order valence-corrected chi connectivity index (χ4v) is 3.47. The molecule has 0 fully saturated rings. The van der Waals surface area contributed by atoms with Gasteiger partial charge < -0.3 is 0 Å². The van der Waals surface area contributed by atoms with Gasteiger partial charge in [0, 0.05) is 20.9 Å². The number of nitrogens with one attached hydrogen (secondary N) is 1. The maximum absolute atomic E-state index is 11.8. The minimum Gasteiger partial charge on any atom is -0.237 e. The average Bonchev–Trinajstić information content (AvgIpc) is 2.54. The lowest BCUT2D eigenvalue weighted by Gasteiger charge is -1.97. The molecule has 0 saturated carbocycles. The van der Waals surface area contributed by atoms with E-state index in [1.807, 2.05) is 0 Å². The number of benzene rings is 2. The van der Waals surface area contributed by atoms with Gasteiger partial charge in [-0.3, -0.25) is 0 Å². The van der Waals surface area contributed by atoms with Gasteiger partial charge in [0.1, 0.15) is 22.0 Å². The van der Waals surface area contributed by atoms with Gasteiger partial charge in [-0.25, -0.2) is 8.42 Å². The molecule has 0 spiro atoms. The lowest BCUT2D eigenvalue weighted by Crippen LogP contribution is -2.15. The van der Waals surface area contributed by atoms with Crippen LogP contribution >= 0.6 is 23.2 Å². The highest BCUT2D eigenvalue weighted by atomic mass is 35.5. The molecule has 0 saturated heterocycles. The molecule has 2 aromatic carbocycles. The van der Waals surface area contributed by atoms with Crippen molar-refractivity contribution >= 4 is 57.3 Å². The summed E-state index contributed by atoms with van der Waals surface area (Å²) < 4.78 is 26.0. The highest BCUT2D eigenvalue weighted by Gasteiger charge is 1.98. The van der Waals surface area contributed by atoms with Gasteiger partial charge in [0.2, 0.25) is 0 Å². The molecule has 7 heteroatoms. The van der Waals surface area contributed by atoms with Crippen molar-refractivity contribution in [2.24, 2.45) is 0 Å². The monoisotopic (exact) mass is 385 g/mol. The predicted molar refractivity (Wildman–Crippen MR) is 100 cm³/mol. The second-order valence-electron chi connectivity index (χ2n) is 4.39. The third-order valence-corrected chi connectivity index (χ3v) is 5.26. The fourth-order valence-electron chi connectivity index (χ4n) is 1.57. The second-order valence-corrected chi connectivity index (χ2v) is 7.66. The van der Waals surface area contributed by atoms with E-state index in [0.29, 0.717) is 10.0 Å². The van der Waals surface area contributed by atoms with Crippen LogP contribution in [0.2, 0.25) is 10.0 Å². The van der Waals surface area contributed by atoms with Crippen LogP contribution in [0.25, 0.3) is 12.2 Å². The molecule has 2 atom stereocenters. The van der Waals surface area contributed by atoms with Gasteiger partial charge in [0.05, 0.1) is 0 Å². The van der Waals surface area contributed by atoms with Crippen LogP contribution in [0.1, 0.15) is 11.1 Å². The molecule has 0 aliphatic rings. The van der Waals surface area contributed by atoms with Crippen LogP contribution in [-0.2, 0) is 22.0 Å². The molecular weight excluding hydrogens is 373 g/mol. The van der Waals surface area contributed by atoms with Crippen molar-refractivity contribution < 1.29 is 8.42 Å². The Labute approximate surface area is 150 Å². The standard InChI is InChI=1S/C16H13Cl2NO2S2/c17-15-5-1-13(2-6-15)9-11-22(20)19-23(21)12-10-14-3-7-16(18)8-4-14/h1-12,19H. The largest absolute Gasteiger partial charge is 0.237 e. The first-order chi connectivity index (χ1) is 11.0. The van der Waals surface area contributed by atoms with Crippen molar-refractivity contribution in [3.63, 3.8) is 0 Å². The maximum Gasteiger partial charge on any atom is 0.129 e. The first-order valence-electron chi connectivity index (χ1n) is 6.48. The lowest BCUT2D eigenvalue weighted by molar-refractivity contribution is 0.678. The Hall–Kier alpha value is -1.24. The van der Waals surface area contributed by atoms with Crippen molar-refractivity contribution in [2.75, 3.05) is 0 Å². The van der Waals surface area contributed by atoms with E-state index in [-0.39, 0.29) is 0 Å². The zero-order valence-electron chi connectivity index (χ0n) is 11.8. The Morgan fingerprint density at radius 3 is 1.39 bits per heavy atom. The summed E-state index contributed by atoms with van der Waals surface area (Å²) in [5.41, 5.74) is 1.71. The van der Waals surface area contributed by atoms with E-state index < -0.39 is 22.0 Å². The van der Waals surface area contributed by atoms with Crippen LogP contribution in [0.15, 0.2) is 59.3 Å². The number of hydrogen-bond donors (Lipinski definition) is 1.